The zero-order valence-electron chi connectivity index (χ0n) is 19.3. The van der Waals surface area contributed by atoms with Gasteiger partial charge in [0.1, 0.15) is 0 Å². The summed E-state index contributed by atoms with van der Waals surface area (Å²) in [5, 5.41) is 15.1. The Hall–Kier alpha value is -3.13. The highest BCUT2D eigenvalue weighted by atomic mass is 32.2. The number of hydrogen-bond donors (Lipinski definition) is 2. The van der Waals surface area contributed by atoms with Crippen LogP contribution in [0.3, 0.4) is 0 Å². The van der Waals surface area contributed by atoms with Crippen molar-refractivity contribution in [2.75, 3.05) is 20.6 Å². The molecule has 0 saturated carbocycles. The van der Waals surface area contributed by atoms with E-state index in [0.717, 1.165) is 6.54 Å². The van der Waals surface area contributed by atoms with Crippen molar-refractivity contribution in [3.05, 3.63) is 101 Å². The monoisotopic (exact) mass is 481 g/mol. The molecule has 1 heterocycles. The topological polar surface area (TPSA) is 109 Å². The molecule has 0 fully saturated rings. The van der Waals surface area contributed by atoms with Crippen LogP contribution in [0.15, 0.2) is 83.8 Å². The van der Waals surface area contributed by atoms with Crippen molar-refractivity contribution in [1.29, 1.82) is 0 Å². The van der Waals surface area contributed by atoms with E-state index in [9.17, 15) is 0 Å². The zero-order valence-corrected chi connectivity index (χ0v) is 20.2. The van der Waals surface area contributed by atoms with Crippen LogP contribution in [-0.4, -0.2) is 53.2 Å². The van der Waals surface area contributed by atoms with Gasteiger partial charge in [0, 0.05) is 10.8 Å². The third-order valence-electron chi connectivity index (χ3n) is 5.58. The number of thioether (sulfide) groups is 1. The van der Waals surface area contributed by atoms with Crippen molar-refractivity contribution >= 4 is 23.7 Å². The minimum atomic E-state index is -1.82. The molecule has 0 aromatic heterocycles. The van der Waals surface area contributed by atoms with Gasteiger partial charge in [-0.15, -0.1) is 11.8 Å². The van der Waals surface area contributed by atoms with Crippen LogP contribution in [0, 0.1) is 0 Å². The molecule has 2 unspecified atom stereocenters. The molecule has 0 spiro atoms. The normalized spacial score (nSPS) is 16.1. The van der Waals surface area contributed by atoms with Gasteiger partial charge in [0.25, 0.3) is 0 Å². The summed E-state index contributed by atoms with van der Waals surface area (Å²) in [6, 6.07) is 29.1. The summed E-state index contributed by atoms with van der Waals surface area (Å²) in [7, 11) is 4.33. The van der Waals surface area contributed by atoms with Crippen molar-refractivity contribution in [2.24, 2.45) is 0 Å². The second kappa shape index (κ2) is 12.9. The lowest BCUT2D eigenvalue weighted by Crippen LogP contribution is -2.14. The van der Waals surface area contributed by atoms with Crippen LogP contribution < -0.4 is 0 Å². The zero-order chi connectivity index (χ0) is 23.8. The molecular weight excluding hydrogens is 450 g/mol. The first-order chi connectivity index (χ1) is 15.9. The number of fused-ring (bicyclic) bond motifs is 2. The van der Waals surface area contributed by atoms with E-state index in [4.69, 9.17) is 19.8 Å². The van der Waals surface area contributed by atoms with E-state index in [1.807, 2.05) is 11.8 Å². The minimum Gasteiger partial charge on any atom is -0.473 e. The van der Waals surface area contributed by atoms with Crippen LogP contribution in [0.1, 0.15) is 46.3 Å². The number of hydrogen-bond acceptors (Lipinski definition) is 4. The average molecular weight is 482 g/mol. The van der Waals surface area contributed by atoms with Crippen LogP contribution in [0.5, 0.6) is 0 Å². The Kier molecular flexibility index (Phi) is 10.3. The summed E-state index contributed by atoms with van der Waals surface area (Å²) in [6.07, 6.45) is 2.40. The Morgan fingerprint density at radius 1 is 0.794 bits per heavy atom. The molecular formula is C27H31NO5S. The molecule has 3 aromatic carbocycles. The SMILES string of the molecule is CN(C)CCCC1c2ccccc2SC(c2ccccc2)c2ccccc21.O.O=C(O)C(=O)O. The Bertz CT molecular complexity index is 1080. The van der Waals surface area contributed by atoms with E-state index in [1.54, 1.807) is 0 Å². The van der Waals surface area contributed by atoms with Crippen molar-refractivity contribution in [1.82, 2.24) is 4.90 Å². The number of carbonyl (C=O) groups is 2. The third kappa shape index (κ3) is 6.93. The molecule has 0 bridgehead atoms. The van der Waals surface area contributed by atoms with Crippen LogP contribution in [-0.2, 0) is 9.59 Å². The predicted molar refractivity (Wildman–Crippen MR) is 136 cm³/mol. The third-order valence-corrected chi connectivity index (χ3v) is 6.96. The van der Waals surface area contributed by atoms with Crippen LogP contribution in [0.4, 0.5) is 0 Å². The lowest BCUT2D eigenvalue weighted by atomic mass is 9.83. The molecule has 0 aliphatic carbocycles. The predicted octanol–water partition coefficient (Wildman–Crippen LogP) is 4.69. The number of nitrogens with zero attached hydrogens (tertiary/aromatic N) is 1. The number of aliphatic carboxylic acids is 2. The van der Waals surface area contributed by atoms with Gasteiger partial charge >= 0.3 is 11.9 Å². The van der Waals surface area contributed by atoms with Gasteiger partial charge in [-0.1, -0.05) is 72.8 Å². The summed E-state index contributed by atoms with van der Waals surface area (Å²) in [6.45, 7) is 1.14. The smallest absolute Gasteiger partial charge is 0.414 e. The molecule has 1 aliphatic rings. The largest absolute Gasteiger partial charge is 0.473 e. The fourth-order valence-corrected chi connectivity index (χ4v) is 5.49. The van der Waals surface area contributed by atoms with Gasteiger partial charge in [0.15, 0.2) is 0 Å². The second-order valence-electron chi connectivity index (χ2n) is 8.18. The van der Waals surface area contributed by atoms with Crippen LogP contribution in [0.25, 0.3) is 0 Å². The number of carboxylic acid groups (broad SMARTS) is 2. The fourth-order valence-electron chi connectivity index (χ4n) is 4.10. The summed E-state index contributed by atoms with van der Waals surface area (Å²) in [5.41, 5.74) is 5.85. The maximum atomic E-state index is 9.10. The summed E-state index contributed by atoms with van der Waals surface area (Å²) in [4.78, 5) is 21.9. The molecule has 7 heteroatoms. The number of carboxylic acids is 2. The highest BCUT2D eigenvalue weighted by Crippen LogP contribution is 2.50. The van der Waals surface area contributed by atoms with Crippen molar-refractivity contribution < 1.29 is 25.3 Å². The van der Waals surface area contributed by atoms with Crippen LogP contribution >= 0.6 is 11.8 Å². The van der Waals surface area contributed by atoms with Gasteiger partial charge < -0.3 is 20.6 Å². The summed E-state index contributed by atoms with van der Waals surface area (Å²) in [5.74, 6) is -3.18. The Labute approximate surface area is 204 Å². The molecule has 6 nitrogen and oxygen atoms in total. The molecule has 2 atom stereocenters. The maximum Gasteiger partial charge on any atom is 0.414 e. The van der Waals surface area contributed by atoms with Gasteiger partial charge in [-0.05, 0) is 61.8 Å². The second-order valence-corrected chi connectivity index (χ2v) is 9.33. The van der Waals surface area contributed by atoms with Gasteiger partial charge in [-0.3, -0.25) is 0 Å². The van der Waals surface area contributed by atoms with E-state index >= 15 is 0 Å². The first-order valence-electron chi connectivity index (χ1n) is 10.9. The highest BCUT2D eigenvalue weighted by molar-refractivity contribution is 7.99. The summed E-state index contributed by atoms with van der Waals surface area (Å²) < 4.78 is 0. The van der Waals surface area contributed by atoms with Gasteiger partial charge in [0.2, 0.25) is 0 Å². The van der Waals surface area contributed by atoms with Crippen LogP contribution in [0.2, 0.25) is 0 Å². The van der Waals surface area contributed by atoms with E-state index in [0.29, 0.717) is 11.2 Å². The maximum absolute atomic E-state index is 9.10. The first-order valence-corrected chi connectivity index (χ1v) is 11.8. The molecule has 3 aromatic rings. The molecule has 0 saturated heterocycles. The molecule has 4 rings (SSSR count). The molecule has 180 valence electrons. The quantitative estimate of drug-likeness (QED) is 0.512. The summed E-state index contributed by atoms with van der Waals surface area (Å²) >= 11 is 2.01. The number of rotatable bonds is 5. The van der Waals surface area contributed by atoms with Crippen molar-refractivity contribution in [2.45, 2.75) is 28.9 Å². The Balaban J connectivity index is 0.000000521. The molecule has 1 aliphatic heterocycles. The lowest BCUT2D eigenvalue weighted by molar-refractivity contribution is -0.159. The standard InChI is InChI=1S/C25H27NS.C2H2O4.H2O/c1-26(2)18-10-16-20-21-13-6-7-15-23(21)25(19-11-4-3-5-12-19)27-24-17-9-8-14-22(20)24;3-1(4)2(5)6;/h3-9,11-15,17,20,25H,10,16,18H2,1-2H3;(H,3,4)(H,5,6);1H2. The van der Waals surface area contributed by atoms with E-state index < -0.39 is 11.9 Å². The Morgan fingerprint density at radius 2 is 1.32 bits per heavy atom. The lowest BCUT2D eigenvalue weighted by Gasteiger charge is -2.22. The van der Waals surface area contributed by atoms with E-state index in [-0.39, 0.29) is 5.48 Å². The van der Waals surface area contributed by atoms with Gasteiger partial charge in [0.05, 0.1) is 5.25 Å². The fraction of sp³-hybridized carbons (Fsp3) is 0.259. The average Bonchev–Trinajstić information content (AvgIpc) is 2.95. The molecule has 0 radical (unpaired) electrons. The molecule has 4 N–H and O–H groups in total. The highest BCUT2D eigenvalue weighted by Gasteiger charge is 2.29. The van der Waals surface area contributed by atoms with E-state index in [1.165, 1.54) is 40.0 Å². The van der Waals surface area contributed by atoms with Gasteiger partial charge in [-0.2, -0.15) is 0 Å². The molecule has 34 heavy (non-hydrogen) atoms. The van der Waals surface area contributed by atoms with Crippen molar-refractivity contribution in [3.8, 4) is 0 Å². The van der Waals surface area contributed by atoms with Crippen molar-refractivity contribution in [3.63, 3.8) is 0 Å². The first kappa shape index (κ1) is 27.1. The molecule has 0 amide bonds. The number of benzene rings is 3. The van der Waals surface area contributed by atoms with Gasteiger partial charge in [-0.25, -0.2) is 9.59 Å². The van der Waals surface area contributed by atoms with E-state index in [2.05, 4.69) is 97.9 Å². The Morgan fingerprint density at radius 3 is 1.91 bits per heavy atom. The minimum absolute atomic E-state index is 0.